The van der Waals surface area contributed by atoms with Gasteiger partial charge in [-0.3, -0.25) is 9.88 Å². The number of hydrogen-bond donors (Lipinski definition) is 1. The Bertz CT molecular complexity index is 824. The van der Waals surface area contributed by atoms with Crippen molar-refractivity contribution < 1.29 is 8.42 Å². The quantitative estimate of drug-likeness (QED) is 0.878. The zero-order valence-electron chi connectivity index (χ0n) is 14.8. The van der Waals surface area contributed by atoms with E-state index in [2.05, 4.69) is 20.7 Å². The maximum absolute atomic E-state index is 12.4. The number of piperidine rings is 1. The minimum Gasteiger partial charge on any atom is -0.299 e. The molecule has 0 unspecified atom stereocenters. The van der Waals surface area contributed by atoms with Crippen molar-refractivity contribution in [3.05, 3.63) is 60.4 Å². The van der Waals surface area contributed by atoms with Gasteiger partial charge in [-0.15, -0.1) is 0 Å². The Morgan fingerprint density at radius 1 is 1.08 bits per heavy atom. The molecule has 2 aliphatic rings. The van der Waals surface area contributed by atoms with Gasteiger partial charge in [0.2, 0.25) is 10.0 Å². The number of likely N-dealkylation sites (tertiary alicyclic amines) is 1. The van der Waals surface area contributed by atoms with Crippen molar-refractivity contribution in [2.45, 2.75) is 43.2 Å². The molecule has 0 bridgehead atoms. The summed E-state index contributed by atoms with van der Waals surface area (Å²) in [5.41, 5.74) is 1.58. The smallest absolute Gasteiger partial charge is 0.240 e. The first-order chi connectivity index (χ1) is 12.5. The summed E-state index contributed by atoms with van der Waals surface area (Å²) in [6, 6.07) is 12.8. The monoisotopic (exact) mass is 371 g/mol. The number of sulfonamides is 1. The van der Waals surface area contributed by atoms with Gasteiger partial charge in [0, 0.05) is 25.0 Å². The fourth-order valence-electron chi connectivity index (χ4n) is 4.30. The molecule has 1 saturated carbocycles. The fraction of sp³-hybridized carbons (Fsp3) is 0.450. The Hall–Kier alpha value is -1.76. The summed E-state index contributed by atoms with van der Waals surface area (Å²) in [7, 11) is -3.39. The van der Waals surface area contributed by atoms with Crippen molar-refractivity contribution in [3.8, 4) is 0 Å². The Labute approximate surface area is 155 Å². The predicted molar refractivity (Wildman–Crippen MR) is 101 cm³/mol. The second-order valence-electron chi connectivity index (χ2n) is 7.68. The van der Waals surface area contributed by atoms with Gasteiger partial charge in [0.05, 0.1) is 4.90 Å². The van der Waals surface area contributed by atoms with Crippen LogP contribution in [-0.2, 0) is 16.6 Å². The van der Waals surface area contributed by atoms with Gasteiger partial charge >= 0.3 is 0 Å². The molecule has 6 heteroatoms. The minimum absolute atomic E-state index is 0.0741. The summed E-state index contributed by atoms with van der Waals surface area (Å²) in [6.45, 7) is 3.11. The first kappa shape index (κ1) is 17.6. The number of nitrogens with one attached hydrogen (secondary N) is 1. The average molecular weight is 372 g/mol. The van der Waals surface area contributed by atoms with E-state index in [-0.39, 0.29) is 6.04 Å². The van der Waals surface area contributed by atoms with E-state index in [0.29, 0.717) is 10.3 Å². The summed E-state index contributed by atoms with van der Waals surface area (Å²) >= 11 is 0. The van der Waals surface area contributed by atoms with Crippen molar-refractivity contribution in [1.29, 1.82) is 0 Å². The van der Waals surface area contributed by atoms with Gasteiger partial charge in [0.1, 0.15) is 0 Å². The lowest BCUT2D eigenvalue weighted by atomic mass is 9.60. The van der Waals surface area contributed by atoms with E-state index < -0.39 is 10.0 Å². The molecule has 1 aromatic heterocycles. The highest BCUT2D eigenvalue weighted by atomic mass is 32.2. The van der Waals surface area contributed by atoms with E-state index in [0.717, 1.165) is 45.3 Å². The van der Waals surface area contributed by atoms with Crippen molar-refractivity contribution in [3.63, 3.8) is 0 Å². The maximum atomic E-state index is 12.4. The zero-order chi connectivity index (χ0) is 18.0. The molecule has 26 heavy (non-hydrogen) atoms. The molecule has 0 radical (unpaired) electrons. The molecule has 1 aromatic carbocycles. The Morgan fingerprint density at radius 2 is 1.81 bits per heavy atom. The SMILES string of the molecule is O=S(=O)(NC1CC2(CCN(Cc3cccnc3)CC2)C1)c1ccccc1. The number of aromatic nitrogens is 1. The third kappa shape index (κ3) is 3.82. The van der Waals surface area contributed by atoms with Crippen molar-refractivity contribution in [2.75, 3.05) is 13.1 Å². The highest BCUT2D eigenvalue weighted by molar-refractivity contribution is 7.89. The largest absolute Gasteiger partial charge is 0.299 e. The third-order valence-electron chi connectivity index (χ3n) is 5.78. The Morgan fingerprint density at radius 3 is 2.46 bits per heavy atom. The minimum atomic E-state index is -3.39. The van der Waals surface area contributed by atoms with E-state index in [1.807, 2.05) is 18.3 Å². The van der Waals surface area contributed by atoms with Gasteiger partial charge in [-0.05, 0) is 68.0 Å². The maximum Gasteiger partial charge on any atom is 0.240 e. The first-order valence-electron chi connectivity index (χ1n) is 9.23. The molecule has 1 N–H and O–H groups in total. The second-order valence-corrected chi connectivity index (χ2v) is 9.39. The Balaban J connectivity index is 1.27. The van der Waals surface area contributed by atoms with Crippen LogP contribution in [0, 0.1) is 5.41 Å². The average Bonchev–Trinajstić information content (AvgIpc) is 2.63. The first-order valence-corrected chi connectivity index (χ1v) is 10.7. The normalized spacial score (nSPS) is 20.8. The standard InChI is InChI=1S/C20H25N3O2S/c24-26(25,19-6-2-1-3-7-19)22-18-13-20(14-18)8-11-23(12-9-20)16-17-5-4-10-21-15-17/h1-7,10,15,18,22H,8-9,11-14,16H2. The number of nitrogens with zero attached hydrogens (tertiary/aromatic N) is 2. The van der Waals surface area contributed by atoms with Gasteiger partial charge < -0.3 is 0 Å². The molecule has 5 nitrogen and oxygen atoms in total. The molecular weight excluding hydrogens is 346 g/mol. The third-order valence-corrected chi connectivity index (χ3v) is 7.32. The number of pyridine rings is 1. The summed E-state index contributed by atoms with van der Waals surface area (Å²) in [4.78, 5) is 7.01. The van der Waals surface area contributed by atoms with E-state index in [1.165, 1.54) is 5.56 Å². The van der Waals surface area contributed by atoms with E-state index in [9.17, 15) is 8.42 Å². The summed E-state index contributed by atoms with van der Waals surface area (Å²) in [6.07, 6.45) is 7.95. The summed E-state index contributed by atoms with van der Waals surface area (Å²) in [5, 5.41) is 0. The van der Waals surface area contributed by atoms with Gasteiger partial charge in [-0.25, -0.2) is 13.1 Å². The molecule has 138 valence electrons. The van der Waals surface area contributed by atoms with Crippen LogP contribution >= 0.6 is 0 Å². The van der Waals surface area contributed by atoms with Crippen LogP contribution in [0.15, 0.2) is 59.8 Å². The van der Waals surface area contributed by atoms with Gasteiger partial charge in [0.25, 0.3) is 0 Å². The fourth-order valence-corrected chi connectivity index (χ4v) is 5.56. The van der Waals surface area contributed by atoms with Gasteiger partial charge in [-0.2, -0.15) is 0 Å². The highest BCUT2D eigenvalue weighted by Gasteiger charge is 2.46. The highest BCUT2D eigenvalue weighted by Crippen LogP contribution is 2.49. The van der Waals surface area contributed by atoms with Gasteiger partial charge in [0.15, 0.2) is 0 Å². The van der Waals surface area contributed by atoms with Gasteiger partial charge in [-0.1, -0.05) is 24.3 Å². The number of hydrogen-bond acceptors (Lipinski definition) is 4. The van der Waals surface area contributed by atoms with Crippen LogP contribution in [0.4, 0.5) is 0 Å². The lowest BCUT2D eigenvalue weighted by Crippen LogP contribution is -2.54. The molecule has 1 aliphatic heterocycles. The molecule has 0 atom stereocenters. The van der Waals surface area contributed by atoms with Crippen LogP contribution in [0.2, 0.25) is 0 Å². The molecule has 1 aliphatic carbocycles. The van der Waals surface area contributed by atoms with Crippen molar-refractivity contribution in [1.82, 2.24) is 14.6 Å². The number of benzene rings is 1. The zero-order valence-corrected chi connectivity index (χ0v) is 15.7. The topological polar surface area (TPSA) is 62.3 Å². The van der Waals surface area contributed by atoms with Crippen LogP contribution < -0.4 is 4.72 Å². The molecule has 4 rings (SSSR count). The van der Waals surface area contributed by atoms with Crippen LogP contribution in [0.5, 0.6) is 0 Å². The van der Waals surface area contributed by atoms with E-state index in [4.69, 9.17) is 0 Å². The molecule has 2 fully saturated rings. The van der Waals surface area contributed by atoms with E-state index in [1.54, 1.807) is 30.5 Å². The van der Waals surface area contributed by atoms with Crippen molar-refractivity contribution >= 4 is 10.0 Å². The molecule has 1 saturated heterocycles. The number of rotatable bonds is 5. The molecule has 2 heterocycles. The molecular formula is C20H25N3O2S. The van der Waals surface area contributed by atoms with Crippen molar-refractivity contribution in [2.24, 2.45) is 5.41 Å². The Kier molecular flexibility index (Phi) is 4.82. The lowest BCUT2D eigenvalue weighted by molar-refractivity contribution is 0.0106. The van der Waals surface area contributed by atoms with Crippen LogP contribution in [-0.4, -0.2) is 37.4 Å². The van der Waals surface area contributed by atoms with Crippen LogP contribution in [0.1, 0.15) is 31.2 Å². The van der Waals surface area contributed by atoms with Crippen LogP contribution in [0.3, 0.4) is 0 Å². The molecule has 2 aromatic rings. The summed E-state index contributed by atoms with van der Waals surface area (Å²) < 4.78 is 27.8. The molecule has 1 spiro atoms. The second kappa shape index (κ2) is 7.10. The van der Waals surface area contributed by atoms with Crippen LogP contribution in [0.25, 0.3) is 0 Å². The van der Waals surface area contributed by atoms with E-state index >= 15 is 0 Å². The lowest BCUT2D eigenvalue weighted by Gasteiger charge is -2.52. The predicted octanol–water partition coefficient (Wildman–Crippen LogP) is 2.80. The summed E-state index contributed by atoms with van der Waals surface area (Å²) in [5.74, 6) is 0. The molecule has 0 amide bonds.